The maximum absolute atomic E-state index is 9.55. The van der Waals surface area contributed by atoms with Crippen LogP contribution in [0.2, 0.25) is 0 Å². The Morgan fingerprint density at radius 1 is 1.47 bits per heavy atom. The Bertz CT molecular complexity index is 354. The van der Waals surface area contributed by atoms with Crippen LogP contribution in [-0.2, 0) is 0 Å². The van der Waals surface area contributed by atoms with E-state index in [0.29, 0.717) is 6.61 Å². The highest BCUT2D eigenvalue weighted by atomic mass is 16.5. The summed E-state index contributed by atoms with van der Waals surface area (Å²) in [7, 11) is 0. The number of hydrogen-bond donors (Lipinski definition) is 1. The normalized spacial score (nSPS) is 21.4. The van der Waals surface area contributed by atoms with Crippen LogP contribution < -0.4 is 4.74 Å². The second-order valence-electron chi connectivity index (χ2n) is 4.76. The number of benzene rings is 1. The molecule has 1 fully saturated rings. The lowest BCUT2D eigenvalue weighted by molar-refractivity contribution is 0.0633. The van der Waals surface area contributed by atoms with E-state index in [1.807, 2.05) is 18.2 Å². The molecule has 3 nitrogen and oxygen atoms in total. The number of hydrogen-bond acceptors (Lipinski definition) is 3. The first-order valence-electron chi connectivity index (χ1n) is 6.34. The zero-order chi connectivity index (χ0) is 12.1. The molecule has 2 rings (SSSR count). The number of rotatable bonds is 4. The van der Waals surface area contributed by atoms with Gasteiger partial charge in [0.2, 0.25) is 0 Å². The molecule has 1 aromatic carbocycles. The van der Waals surface area contributed by atoms with E-state index in [1.54, 1.807) is 0 Å². The van der Waals surface area contributed by atoms with Crippen LogP contribution in [0.5, 0.6) is 5.75 Å². The topological polar surface area (TPSA) is 32.7 Å². The lowest BCUT2D eigenvalue weighted by atomic mass is 10.1. The first kappa shape index (κ1) is 12.4. The average molecular weight is 235 g/mol. The molecular formula is C14H21NO2. The average Bonchev–Trinajstić information content (AvgIpc) is 2.29. The van der Waals surface area contributed by atoms with Crippen molar-refractivity contribution in [2.45, 2.75) is 25.9 Å². The summed E-state index contributed by atoms with van der Waals surface area (Å²) in [4.78, 5) is 2.27. The maximum atomic E-state index is 9.55. The molecule has 0 saturated carbocycles. The van der Waals surface area contributed by atoms with Crippen molar-refractivity contribution >= 4 is 0 Å². The number of aryl methyl sites for hydroxylation is 1. The van der Waals surface area contributed by atoms with E-state index in [4.69, 9.17) is 4.74 Å². The fourth-order valence-electron chi connectivity index (χ4n) is 2.23. The van der Waals surface area contributed by atoms with Gasteiger partial charge in [0.25, 0.3) is 0 Å². The van der Waals surface area contributed by atoms with Gasteiger partial charge >= 0.3 is 0 Å². The molecule has 3 heteroatoms. The Labute approximate surface area is 103 Å². The SMILES string of the molecule is Cc1cccc(OCCN2CCC[C@H](O)C2)c1. The Balaban J connectivity index is 1.72. The fourth-order valence-corrected chi connectivity index (χ4v) is 2.23. The number of β-amino-alcohol motifs (C(OH)–C–C–N with tert-alkyl or cyclic N) is 1. The van der Waals surface area contributed by atoms with Crippen molar-refractivity contribution in [1.29, 1.82) is 0 Å². The van der Waals surface area contributed by atoms with Gasteiger partial charge in [-0.1, -0.05) is 12.1 Å². The molecule has 94 valence electrons. The van der Waals surface area contributed by atoms with E-state index < -0.39 is 0 Å². The Hall–Kier alpha value is -1.06. The number of likely N-dealkylation sites (tertiary alicyclic amines) is 1. The van der Waals surface area contributed by atoms with Gasteiger partial charge in [-0.05, 0) is 44.0 Å². The standard InChI is InChI=1S/C14H21NO2/c1-12-4-2-6-14(10-12)17-9-8-15-7-3-5-13(16)11-15/h2,4,6,10,13,16H,3,5,7-9,11H2,1H3/t13-/m0/s1. The van der Waals surface area contributed by atoms with Crippen molar-refractivity contribution in [3.8, 4) is 5.75 Å². The zero-order valence-corrected chi connectivity index (χ0v) is 10.4. The first-order chi connectivity index (χ1) is 8.24. The third kappa shape index (κ3) is 4.02. The summed E-state index contributed by atoms with van der Waals surface area (Å²) in [6.07, 6.45) is 1.88. The summed E-state index contributed by atoms with van der Waals surface area (Å²) < 4.78 is 5.70. The number of piperidine rings is 1. The minimum absolute atomic E-state index is 0.150. The number of aliphatic hydroxyl groups is 1. The van der Waals surface area contributed by atoms with E-state index in [2.05, 4.69) is 17.9 Å². The van der Waals surface area contributed by atoms with Crippen molar-refractivity contribution in [3.05, 3.63) is 29.8 Å². The summed E-state index contributed by atoms with van der Waals surface area (Å²) >= 11 is 0. The van der Waals surface area contributed by atoms with Gasteiger partial charge in [-0.3, -0.25) is 4.90 Å². The van der Waals surface area contributed by atoms with Crippen LogP contribution in [0, 0.1) is 6.92 Å². The van der Waals surface area contributed by atoms with E-state index in [9.17, 15) is 5.11 Å². The van der Waals surface area contributed by atoms with Crippen molar-refractivity contribution < 1.29 is 9.84 Å². The molecule has 1 aliphatic heterocycles. The van der Waals surface area contributed by atoms with Gasteiger partial charge in [-0.15, -0.1) is 0 Å². The van der Waals surface area contributed by atoms with Crippen LogP contribution in [0.1, 0.15) is 18.4 Å². The highest BCUT2D eigenvalue weighted by molar-refractivity contribution is 5.27. The molecule has 0 aromatic heterocycles. The van der Waals surface area contributed by atoms with Crippen molar-refractivity contribution in [2.75, 3.05) is 26.2 Å². The highest BCUT2D eigenvalue weighted by Gasteiger charge is 2.16. The number of ether oxygens (including phenoxy) is 1. The molecule has 1 atom stereocenters. The summed E-state index contributed by atoms with van der Waals surface area (Å²) in [5, 5.41) is 9.55. The van der Waals surface area contributed by atoms with Crippen LogP contribution in [0.15, 0.2) is 24.3 Å². The smallest absolute Gasteiger partial charge is 0.119 e. The molecular weight excluding hydrogens is 214 g/mol. The molecule has 17 heavy (non-hydrogen) atoms. The summed E-state index contributed by atoms with van der Waals surface area (Å²) in [6, 6.07) is 8.10. The molecule has 0 bridgehead atoms. The number of nitrogens with zero attached hydrogens (tertiary/aromatic N) is 1. The summed E-state index contributed by atoms with van der Waals surface area (Å²) in [6.45, 7) is 5.51. The zero-order valence-electron chi connectivity index (χ0n) is 10.4. The van der Waals surface area contributed by atoms with E-state index in [-0.39, 0.29) is 6.10 Å². The van der Waals surface area contributed by atoms with Crippen LogP contribution in [0.3, 0.4) is 0 Å². The summed E-state index contributed by atoms with van der Waals surface area (Å²) in [5.41, 5.74) is 1.22. The molecule has 1 heterocycles. The highest BCUT2D eigenvalue weighted by Crippen LogP contribution is 2.13. The van der Waals surface area contributed by atoms with Crippen LogP contribution >= 0.6 is 0 Å². The Kier molecular flexibility index (Phi) is 4.40. The Morgan fingerprint density at radius 2 is 2.35 bits per heavy atom. The molecule has 0 unspecified atom stereocenters. The molecule has 0 aliphatic carbocycles. The third-order valence-electron chi connectivity index (χ3n) is 3.15. The largest absolute Gasteiger partial charge is 0.492 e. The molecule has 1 N–H and O–H groups in total. The van der Waals surface area contributed by atoms with E-state index >= 15 is 0 Å². The molecule has 0 spiro atoms. The van der Waals surface area contributed by atoms with Gasteiger partial charge in [0, 0.05) is 13.1 Å². The second kappa shape index (κ2) is 6.03. The second-order valence-corrected chi connectivity index (χ2v) is 4.76. The van der Waals surface area contributed by atoms with Gasteiger partial charge in [0.05, 0.1) is 6.10 Å². The lowest BCUT2D eigenvalue weighted by Crippen LogP contribution is -2.40. The number of aliphatic hydroxyl groups excluding tert-OH is 1. The van der Waals surface area contributed by atoms with Crippen molar-refractivity contribution in [1.82, 2.24) is 4.90 Å². The predicted molar refractivity (Wildman–Crippen MR) is 68.4 cm³/mol. The van der Waals surface area contributed by atoms with Gasteiger partial charge in [0.1, 0.15) is 12.4 Å². The molecule has 0 radical (unpaired) electrons. The van der Waals surface area contributed by atoms with E-state index in [0.717, 1.165) is 38.2 Å². The third-order valence-corrected chi connectivity index (χ3v) is 3.15. The van der Waals surface area contributed by atoms with Crippen LogP contribution in [0.4, 0.5) is 0 Å². The monoisotopic (exact) mass is 235 g/mol. The maximum Gasteiger partial charge on any atom is 0.119 e. The molecule has 1 aliphatic rings. The van der Waals surface area contributed by atoms with E-state index in [1.165, 1.54) is 5.56 Å². The van der Waals surface area contributed by atoms with Gasteiger partial charge < -0.3 is 9.84 Å². The predicted octanol–water partition coefficient (Wildman–Crippen LogP) is 1.83. The van der Waals surface area contributed by atoms with Crippen molar-refractivity contribution in [3.63, 3.8) is 0 Å². The van der Waals surface area contributed by atoms with Crippen molar-refractivity contribution in [2.24, 2.45) is 0 Å². The lowest BCUT2D eigenvalue weighted by Gasteiger charge is -2.29. The van der Waals surface area contributed by atoms with Gasteiger partial charge in [0.15, 0.2) is 0 Å². The molecule has 1 aromatic rings. The molecule has 1 saturated heterocycles. The minimum atomic E-state index is -0.150. The quantitative estimate of drug-likeness (QED) is 0.864. The minimum Gasteiger partial charge on any atom is -0.492 e. The molecule has 0 amide bonds. The van der Waals surface area contributed by atoms with Crippen LogP contribution in [0.25, 0.3) is 0 Å². The van der Waals surface area contributed by atoms with Gasteiger partial charge in [-0.25, -0.2) is 0 Å². The van der Waals surface area contributed by atoms with Crippen LogP contribution in [-0.4, -0.2) is 42.4 Å². The van der Waals surface area contributed by atoms with Gasteiger partial charge in [-0.2, -0.15) is 0 Å². The fraction of sp³-hybridized carbons (Fsp3) is 0.571. The summed E-state index contributed by atoms with van der Waals surface area (Å²) in [5.74, 6) is 0.933. The Morgan fingerprint density at radius 3 is 3.12 bits per heavy atom. The first-order valence-corrected chi connectivity index (χ1v) is 6.34.